The molecule has 1 aliphatic carbocycles. The lowest BCUT2D eigenvalue weighted by molar-refractivity contribution is -0.175. The Labute approximate surface area is 158 Å². The molecule has 2 bridgehead atoms. The Morgan fingerprint density at radius 2 is 2.04 bits per heavy atom. The maximum Gasteiger partial charge on any atom is 0.139 e. The van der Waals surface area contributed by atoms with Crippen LogP contribution in [0, 0.1) is 11.8 Å². The van der Waals surface area contributed by atoms with Gasteiger partial charge in [-0.3, -0.25) is 0 Å². The molecular formula is C19H17BrClN3O. The van der Waals surface area contributed by atoms with Crippen molar-refractivity contribution in [2.24, 2.45) is 11.8 Å². The minimum absolute atomic E-state index is 0.251. The van der Waals surface area contributed by atoms with E-state index >= 15 is 0 Å². The largest absolute Gasteiger partial charge is 0.384 e. The summed E-state index contributed by atoms with van der Waals surface area (Å²) in [6, 6.07) is 8.00. The number of hydrogen-bond donors (Lipinski definition) is 3. The highest BCUT2D eigenvalue weighted by molar-refractivity contribution is 9.10. The highest BCUT2D eigenvalue weighted by atomic mass is 79.9. The number of benzene rings is 1. The van der Waals surface area contributed by atoms with Crippen LogP contribution in [0.25, 0.3) is 22.2 Å². The first-order valence-electron chi connectivity index (χ1n) is 8.44. The highest BCUT2D eigenvalue weighted by Gasteiger charge is 2.57. The number of nitrogens with one attached hydrogen (secondary N) is 2. The zero-order chi connectivity index (χ0) is 17.2. The molecule has 2 aromatic heterocycles. The Morgan fingerprint density at radius 1 is 1.24 bits per heavy atom. The molecule has 4 nitrogen and oxygen atoms in total. The van der Waals surface area contributed by atoms with Crippen LogP contribution in [-0.4, -0.2) is 28.2 Å². The standard InChI is InChI=1S/C19H17BrClN3O/c20-15-9-24-18-17(15)13(3-4-23-18)10-1-2-14(16(21)5-10)19(25)11-6-12(19)8-22-7-11/h1-5,9,11-12,22,25H,6-8H2,(H,23,24). The molecule has 6 heteroatoms. The van der Waals surface area contributed by atoms with Gasteiger partial charge in [0.25, 0.3) is 0 Å². The highest BCUT2D eigenvalue weighted by Crippen LogP contribution is 2.54. The van der Waals surface area contributed by atoms with E-state index in [9.17, 15) is 5.11 Å². The van der Waals surface area contributed by atoms with Crippen molar-refractivity contribution in [3.05, 3.63) is 51.7 Å². The van der Waals surface area contributed by atoms with E-state index in [1.165, 1.54) is 0 Å². The second-order valence-electron chi connectivity index (χ2n) is 7.03. The van der Waals surface area contributed by atoms with Gasteiger partial charge in [0, 0.05) is 57.8 Å². The Balaban J connectivity index is 1.61. The number of halogens is 2. The van der Waals surface area contributed by atoms with Crippen LogP contribution in [-0.2, 0) is 5.60 Å². The number of aromatic nitrogens is 2. The lowest BCUT2D eigenvalue weighted by Gasteiger charge is -2.57. The molecule has 2 atom stereocenters. The molecule has 2 unspecified atom stereocenters. The van der Waals surface area contributed by atoms with Crippen molar-refractivity contribution < 1.29 is 5.11 Å². The van der Waals surface area contributed by atoms with Crippen molar-refractivity contribution in [3.63, 3.8) is 0 Å². The monoisotopic (exact) mass is 417 g/mol. The molecule has 1 saturated heterocycles. The first-order chi connectivity index (χ1) is 12.1. The smallest absolute Gasteiger partial charge is 0.139 e. The van der Waals surface area contributed by atoms with Gasteiger partial charge in [-0.25, -0.2) is 4.98 Å². The van der Waals surface area contributed by atoms with E-state index in [0.29, 0.717) is 5.02 Å². The number of fused-ring (bicyclic) bond motifs is 3. The minimum Gasteiger partial charge on any atom is -0.384 e. The van der Waals surface area contributed by atoms with E-state index in [4.69, 9.17) is 11.6 Å². The molecule has 25 heavy (non-hydrogen) atoms. The molecule has 1 saturated carbocycles. The summed E-state index contributed by atoms with van der Waals surface area (Å²) in [4.78, 5) is 7.52. The van der Waals surface area contributed by atoms with E-state index in [2.05, 4.69) is 37.3 Å². The van der Waals surface area contributed by atoms with Crippen LogP contribution in [0.3, 0.4) is 0 Å². The van der Waals surface area contributed by atoms with Gasteiger partial charge < -0.3 is 15.4 Å². The average molecular weight is 419 g/mol. The zero-order valence-electron chi connectivity index (χ0n) is 13.4. The molecular weight excluding hydrogens is 402 g/mol. The van der Waals surface area contributed by atoms with Gasteiger partial charge >= 0.3 is 0 Å². The van der Waals surface area contributed by atoms with Crippen LogP contribution in [0.1, 0.15) is 12.0 Å². The first-order valence-corrected chi connectivity index (χ1v) is 9.61. The van der Waals surface area contributed by atoms with Crippen LogP contribution in [0.15, 0.2) is 41.1 Å². The molecule has 0 spiro atoms. The van der Waals surface area contributed by atoms with Crippen molar-refractivity contribution in [1.82, 2.24) is 15.3 Å². The third kappa shape index (κ3) is 2.16. The Hall–Kier alpha value is -1.40. The van der Waals surface area contributed by atoms with Gasteiger partial charge in [0.15, 0.2) is 0 Å². The van der Waals surface area contributed by atoms with Crippen LogP contribution in [0.4, 0.5) is 0 Å². The summed E-state index contributed by atoms with van der Waals surface area (Å²) >= 11 is 10.2. The van der Waals surface area contributed by atoms with Gasteiger partial charge in [-0.2, -0.15) is 0 Å². The van der Waals surface area contributed by atoms with Gasteiger partial charge in [-0.1, -0.05) is 23.7 Å². The number of pyridine rings is 1. The number of hydrogen-bond acceptors (Lipinski definition) is 3. The molecule has 3 aromatic rings. The Kier molecular flexibility index (Phi) is 3.51. The predicted octanol–water partition coefficient (Wildman–Crippen LogP) is 4.07. The molecule has 2 fully saturated rings. The Morgan fingerprint density at radius 3 is 2.76 bits per heavy atom. The lowest BCUT2D eigenvalue weighted by atomic mass is 9.56. The second kappa shape index (κ2) is 5.55. The van der Waals surface area contributed by atoms with Crippen LogP contribution in [0.2, 0.25) is 5.02 Å². The van der Waals surface area contributed by atoms with Gasteiger partial charge in [0.05, 0.1) is 5.60 Å². The molecule has 128 valence electrons. The molecule has 3 N–H and O–H groups in total. The summed E-state index contributed by atoms with van der Waals surface area (Å²) in [6.07, 6.45) is 4.75. The topological polar surface area (TPSA) is 60.9 Å². The number of rotatable bonds is 2. The fourth-order valence-electron chi connectivity index (χ4n) is 4.49. The van der Waals surface area contributed by atoms with E-state index in [-0.39, 0.29) is 11.8 Å². The molecule has 0 radical (unpaired) electrons. The molecule has 1 aliphatic heterocycles. The Bertz CT molecular complexity index is 972. The number of aliphatic hydroxyl groups is 1. The molecule has 3 heterocycles. The van der Waals surface area contributed by atoms with Crippen molar-refractivity contribution >= 4 is 38.6 Å². The van der Waals surface area contributed by atoms with Crippen LogP contribution >= 0.6 is 27.5 Å². The van der Waals surface area contributed by atoms with Crippen LogP contribution < -0.4 is 5.32 Å². The van der Waals surface area contributed by atoms with Gasteiger partial charge in [-0.15, -0.1) is 0 Å². The minimum atomic E-state index is -0.789. The fraction of sp³-hybridized carbons (Fsp3) is 0.316. The summed E-state index contributed by atoms with van der Waals surface area (Å²) in [5.74, 6) is 0.502. The van der Waals surface area contributed by atoms with Crippen molar-refractivity contribution in [2.75, 3.05) is 13.1 Å². The number of H-pyrrole nitrogens is 1. The number of aromatic amines is 1. The summed E-state index contributed by atoms with van der Waals surface area (Å²) in [7, 11) is 0. The van der Waals surface area contributed by atoms with E-state index in [0.717, 1.165) is 51.7 Å². The molecule has 0 amide bonds. The first kappa shape index (κ1) is 15.8. The summed E-state index contributed by atoms with van der Waals surface area (Å²) in [6.45, 7) is 1.71. The van der Waals surface area contributed by atoms with E-state index in [1.54, 1.807) is 6.20 Å². The average Bonchev–Trinajstić information content (AvgIpc) is 3.03. The SMILES string of the molecule is OC1(c2ccc(-c3ccnc4[nH]cc(Br)c34)cc2Cl)C2CNCC1C2. The quantitative estimate of drug-likeness (QED) is 0.588. The van der Waals surface area contributed by atoms with Crippen LogP contribution in [0.5, 0.6) is 0 Å². The molecule has 2 aliphatic rings. The normalized spacial score (nSPS) is 28.1. The van der Waals surface area contributed by atoms with Gasteiger partial charge in [-0.05, 0) is 45.6 Å². The summed E-state index contributed by atoms with van der Waals surface area (Å²) in [5, 5.41) is 16.3. The fourth-order valence-corrected chi connectivity index (χ4v) is 5.34. The van der Waals surface area contributed by atoms with Gasteiger partial charge in [0.2, 0.25) is 0 Å². The number of piperidine rings is 2. The van der Waals surface area contributed by atoms with Crippen molar-refractivity contribution in [3.8, 4) is 11.1 Å². The van der Waals surface area contributed by atoms with E-state index in [1.807, 2.05) is 24.4 Å². The maximum atomic E-state index is 11.2. The van der Waals surface area contributed by atoms with Crippen molar-refractivity contribution in [1.29, 1.82) is 0 Å². The van der Waals surface area contributed by atoms with Crippen molar-refractivity contribution in [2.45, 2.75) is 12.0 Å². The summed E-state index contributed by atoms with van der Waals surface area (Å²) < 4.78 is 0.976. The van der Waals surface area contributed by atoms with Gasteiger partial charge in [0.1, 0.15) is 5.65 Å². The lowest BCUT2D eigenvalue weighted by Crippen LogP contribution is -2.64. The summed E-state index contributed by atoms with van der Waals surface area (Å²) in [5.41, 5.74) is 2.99. The zero-order valence-corrected chi connectivity index (χ0v) is 15.7. The second-order valence-corrected chi connectivity index (χ2v) is 8.29. The molecule has 1 aromatic carbocycles. The number of nitrogens with zero attached hydrogens (tertiary/aromatic N) is 1. The predicted molar refractivity (Wildman–Crippen MR) is 103 cm³/mol. The third-order valence-corrected chi connectivity index (χ3v) is 6.77. The maximum absolute atomic E-state index is 11.2. The molecule has 5 rings (SSSR count). The third-order valence-electron chi connectivity index (χ3n) is 5.83. The van der Waals surface area contributed by atoms with E-state index < -0.39 is 5.60 Å².